The number of hydrogen-bond donors (Lipinski definition) is 6. The van der Waals surface area contributed by atoms with Gasteiger partial charge in [-0.2, -0.15) is 0 Å². The second-order valence-corrected chi connectivity index (χ2v) is 7.99. The lowest BCUT2D eigenvalue weighted by molar-refractivity contribution is -0.490. The van der Waals surface area contributed by atoms with Gasteiger partial charge >= 0.3 is 0 Å². The average Bonchev–Trinajstić information content (AvgIpc) is 2.80. The van der Waals surface area contributed by atoms with E-state index in [9.17, 15) is 40.2 Å². The van der Waals surface area contributed by atoms with Crippen LogP contribution in [-0.2, 0) is 20.4 Å². The molecule has 4 rings (SSSR count). The number of carbonyl (C=O) groups excluding carboxylic acids is 2. The molecule has 30 heavy (non-hydrogen) atoms. The summed E-state index contributed by atoms with van der Waals surface area (Å²) < 4.78 is 0. The van der Waals surface area contributed by atoms with Gasteiger partial charge in [0.2, 0.25) is 0 Å². The molecule has 3 unspecified atom stereocenters. The first-order chi connectivity index (χ1) is 14.2. The highest BCUT2D eigenvalue weighted by atomic mass is 16.5. The van der Waals surface area contributed by atoms with Gasteiger partial charge in [-0.3, -0.25) is 0 Å². The predicted molar refractivity (Wildman–Crippen MR) is 102 cm³/mol. The van der Waals surface area contributed by atoms with Crippen molar-refractivity contribution in [2.75, 3.05) is 6.61 Å². The van der Waals surface area contributed by atoms with Crippen LogP contribution in [0.1, 0.15) is 11.1 Å². The van der Waals surface area contributed by atoms with E-state index in [2.05, 4.69) is 0 Å². The molecule has 6 N–H and O–H groups in total. The molecule has 0 saturated heterocycles. The molecule has 2 saturated carbocycles. The van der Waals surface area contributed by atoms with E-state index < -0.39 is 46.4 Å². The number of fused-ring (bicyclic) bond motifs is 1. The van der Waals surface area contributed by atoms with Crippen LogP contribution in [0.5, 0.6) is 0 Å². The third-order valence-corrected chi connectivity index (χ3v) is 7.23. The zero-order valence-corrected chi connectivity index (χ0v) is 15.8. The summed E-state index contributed by atoms with van der Waals surface area (Å²) in [5, 5.41) is 66.2. The van der Waals surface area contributed by atoms with Gasteiger partial charge in [0.1, 0.15) is 52.4 Å². The monoisotopic (exact) mass is 414 g/mol. The fraction of sp³-hybridized carbons (Fsp3) is 0.364. The maximum absolute atomic E-state index is 12.4. The van der Waals surface area contributed by atoms with Crippen LogP contribution >= 0.6 is 0 Å². The Morgan fingerprint density at radius 2 is 1.37 bits per heavy atom. The largest absolute Gasteiger partial charge is 0.394 e. The van der Waals surface area contributed by atoms with Crippen molar-refractivity contribution in [3.8, 4) is 0 Å². The summed E-state index contributed by atoms with van der Waals surface area (Å²) in [4.78, 5) is 24.8. The van der Waals surface area contributed by atoms with E-state index >= 15 is 0 Å². The molecule has 0 amide bonds. The van der Waals surface area contributed by atoms with Crippen LogP contribution in [0.25, 0.3) is 0 Å². The first-order valence-corrected chi connectivity index (χ1v) is 9.40. The first kappa shape index (κ1) is 20.8. The normalized spacial score (nSPS) is 42.9. The molecule has 2 aliphatic carbocycles. The van der Waals surface area contributed by atoms with Gasteiger partial charge < -0.3 is 40.2 Å². The van der Waals surface area contributed by atoms with Crippen molar-refractivity contribution in [3.63, 3.8) is 0 Å². The summed E-state index contributed by atoms with van der Waals surface area (Å²) in [6, 6.07) is 14.8. The molecule has 0 aromatic heterocycles. The number of benzene rings is 2. The van der Waals surface area contributed by atoms with Crippen molar-refractivity contribution in [1.29, 1.82) is 0 Å². The van der Waals surface area contributed by atoms with Gasteiger partial charge in [0.25, 0.3) is 0 Å². The summed E-state index contributed by atoms with van der Waals surface area (Å²) in [5.41, 5.74) is -13.2. The maximum atomic E-state index is 12.4. The molecule has 2 aliphatic rings. The molecule has 0 radical (unpaired) electrons. The minimum absolute atomic E-state index is 0.00575. The Kier molecular flexibility index (Phi) is 4.35. The van der Waals surface area contributed by atoms with Gasteiger partial charge in [-0.15, -0.1) is 0 Å². The van der Waals surface area contributed by atoms with Crippen molar-refractivity contribution in [2.45, 2.75) is 39.8 Å². The molecular weight excluding hydrogens is 392 g/mol. The first-order valence-electron chi connectivity index (χ1n) is 9.40. The van der Waals surface area contributed by atoms with Crippen molar-refractivity contribution >= 4 is 12.6 Å². The summed E-state index contributed by atoms with van der Waals surface area (Å²) in [7, 11) is 0. The lowest BCUT2D eigenvalue weighted by Crippen LogP contribution is -3.11. The van der Waals surface area contributed by atoms with Crippen molar-refractivity contribution < 1.29 is 40.2 Å². The Morgan fingerprint density at radius 1 is 0.867 bits per heavy atom. The highest BCUT2D eigenvalue weighted by molar-refractivity contribution is 5.91. The number of aliphatic hydroxyl groups excluding tert-OH is 3. The van der Waals surface area contributed by atoms with Crippen LogP contribution < -0.4 is 0 Å². The van der Waals surface area contributed by atoms with Crippen LogP contribution in [0.2, 0.25) is 0 Å². The molecule has 2 fully saturated rings. The Hall–Kier alpha value is -2.46. The molecule has 7 atom stereocenters. The van der Waals surface area contributed by atoms with E-state index in [4.69, 9.17) is 0 Å². The average molecular weight is 414 g/mol. The van der Waals surface area contributed by atoms with E-state index in [-0.39, 0.29) is 23.7 Å². The van der Waals surface area contributed by atoms with E-state index in [1.807, 2.05) is 0 Å². The molecule has 0 bridgehead atoms. The molecule has 0 heterocycles. The quantitative estimate of drug-likeness (QED) is 0.302. The molecule has 2 aromatic rings. The fourth-order valence-corrected chi connectivity index (χ4v) is 5.91. The number of aldehydes is 2. The van der Waals surface area contributed by atoms with Crippen LogP contribution in [0.3, 0.4) is 0 Å². The van der Waals surface area contributed by atoms with Crippen LogP contribution in [0.15, 0.2) is 60.7 Å². The van der Waals surface area contributed by atoms with Gasteiger partial charge in [0.15, 0.2) is 0 Å². The Balaban J connectivity index is 2.07. The topological polar surface area (TPSA) is 156 Å². The van der Waals surface area contributed by atoms with Gasteiger partial charge in [0, 0.05) is 0 Å². The van der Waals surface area contributed by atoms with Gasteiger partial charge in [-0.05, 0) is 11.1 Å². The zero-order chi connectivity index (χ0) is 22.0. The standard InChI is InChI=1S/C22H22O8/c23-11-16(26)20(28)19(13-25,15-9-5-2-6-10-15)21(29)17(27)18(12-24,22(20,21)30)14-7-3-1-4-8-14/h1-10,12-13,16-17,23,26-30H,11H2/t16-,17?,18?,19?,20+,21-,22+/m1/s1. The number of rotatable bonds is 6. The van der Waals surface area contributed by atoms with Crippen LogP contribution in [0.4, 0.5) is 0 Å². The zero-order valence-electron chi connectivity index (χ0n) is 15.8. The van der Waals surface area contributed by atoms with Gasteiger partial charge in [-0.25, -0.2) is 0 Å². The lowest BCUT2D eigenvalue weighted by atomic mass is 9.20. The molecule has 8 heteroatoms. The number of hydrogen-bond acceptors (Lipinski definition) is 8. The predicted octanol–water partition coefficient (Wildman–Crippen LogP) is -1.81. The number of carbonyl (C=O) groups is 2. The van der Waals surface area contributed by atoms with E-state index in [0.717, 1.165) is 0 Å². The molecule has 0 aliphatic heterocycles. The van der Waals surface area contributed by atoms with Gasteiger partial charge in [0.05, 0.1) is 6.61 Å². The Bertz CT molecular complexity index is 981. The molecule has 0 spiro atoms. The third kappa shape index (κ3) is 1.65. The highest BCUT2D eigenvalue weighted by Crippen LogP contribution is 2.79. The minimum atomic E-state index is -2.91. The van der Waals surface area contributed by atoms with Crippen LogP contribution in [0, 0.1) is 0 Å². The number of aliphatic hydroxyl groups is 6. The highest BCUT2D eigenvalue weighted by Gasteiger charge is 3.04. The van der Waals surface area contributed by atoms with E-state index in [1.54, 1.807) is 12.1 Å². The van der Waals surface area contributed by atoms with E-state index in [0.29, 0.717) is 0 Å². The second-order valence-electron chi connectivity index (χ2n) is 7.99. The van der Waals surface area contributed by atoms with Crippen LogP contribution in [-0.4, -0.2) is 78.8 Å². The summed E-state index contributed by atoms with van der Waals surface area (Å²) in [6.07, 6.45) is -3.82. The lowest BCUT2D eigenvalue weighted by Gasteiger charge is -2.86. The van der Waals surface area contributed by atoms with Crippen molar-refractivity contribution in [1.82, 2.24) is 0 Å². The maximum Gasteiger partial charge on any atom is 0.149 e. The smallest absolute Gasteiger partial charge is 0.149 e. The summed E-state index contributed by atoms with van der Waals surface area (Å²) in [6.45, 7) is -1.09. The minimum Gasteiger partial charge on any atom is -0.394 e. The SMILES string of the molecule is O=CC1(c2ccccc2)C(O)[C@@]2(O)C(C=O)(c3ccccc3)[C@@](O)([C@H](O)CO)[C@@]12O. The summed E-state index contributed by atoms with van der Waals surface area (Å²) in [5.74, 6) is 0. The second kappa shape index (κ2) is 6.27. The molecular formula is C22H22O8. The molecule has 158 valence electrons. The van der Waals surface area contributed by atoms with E-state index in [1.165, 1.54) is 48.5 Å². The Labute approximate surface area is 171 Å². The van der Waals surface area contributed by atoms with Gasteiger partial charge in [-0.1, -0.05) is 60.7 Å². The molecule has 8 nitrogen and oxygen atoms in total. The third-order valence-electron chi connectivity index (χ3n) is 7.23. The fourth-order valence-electron chi connectivity index (χ4n) is 5.91. The molecule has 2 aromatic carbocycles. The summed E-state index contributed by atoms with van der Waals surface area (Å²) >= 11 is 0. The Morgan fingerprint density at radius 3 is 1.80 bits per heavy atom. The van der Waals surface area contributed by atoms with Crippen molar-refractivity contribution in [2.24, 2.45) is 0 Å². The van der Waals surface area contributed by atoms with Crippen molar-refractivity contribution in [3.05, 3.63) is 71.8 Å².